The highest BCUT2D eigenvalue weighted by molar-refractivity contribution is 7.87. The summed E-state index contributed by atoms with van der Waals surface area (Å²) in [5, 5.41) is 5.65. The van der Waals surface area contributed by atoms with Gasteiger partial charge in [-0.05, 0) is 12.1 Å². The van der Waals surface area contributed by atoms with Crippen molar-refractivity contribution in [1.82, 2.24) is 19.3 Å². The maximum absolute atomic E-state index is 13.7. The summed E-state index contributed by atoms with van der Waals surface area (Å²) in [6, 6.07) is 2.98. The molecule has 0 aliphatic carbocycles. The molecular formula is C20H21ClFN5O4S2. The van der Waals surface area contributed by atoms with Crippen molar-refractivity contribution in [1.29, 1.82) is 0 Å². The highest BCUT2D eigenvalue weighted by Gasteiger charge is 2.43. The van der Waals surface area contributed by atoms with E-state index >= 15 is 0 Å². The number of hydrogen-bond donors (Lipinski definition) is 2. The van der Waals surface area contributed by atoms with E-state index in [0.29, 0.717) is 22.1 Å². The Kier molecular flexibility index (Phi) is 6.82. The lowest BCUT2D eigenvalue weighted by Gasteiger charge is -2.41. The Morgan fingerprint density at radius 1 is 1.42 bits per heavy atom. The smallest absolute Gasteiger partial charge is 0.338 e. The van der Waals surface area contributed by atoms with Crippen LogP contribution in [-0.4, -0.2) is 56.3 Å². The number of ether oxygens (including phenoxy) is 1. The molecule has 4 rings (SSSR count). The van der Waals surface area contributed by atoms with Crippen molar-refractivity contribution in [2.75, 3.05) is 26.7 Å². The Labute approximate surface area is 199 Å². The molecule has 3 heterocycles. The van der Waals surface area contributed by atoms with E-state index in [4.69, 9.17) is 16.3 Å². The number of amidine groups is 1. The van der Waals surface area contributed by atoms with Gasteiger partial charge in [0.2, 0.25) is 0 Å². The molecule has 1 atom stereocenters. The number of benzene rings is 1. The normalized spacial score (nSPS) is 19.6. The molecule has 0 radical (unpaired) electrons. The van der Waals surface area contributed by atoms with Gasteiger partial charge in [-0.15, -0.1) is 11.3 Å². The van der Waals surface area contributed by atoms with Crippen molar-refractivity contribution in [3.05, 3.63) is 62.5 Å². The van der Waals surface area contributed by atoms with E-state index in [1.807, 2.05) is 0 Å². The van der Waals surface area contributed by atoms with Crippen molar-refractivity contribution in [2.45, 2.75) is 13.0 Å². The number of rotatable bonds is 7. The van der Waals surface area contributed by atoms with Crippen molar-refractivity contribution < 1.29 is 22.3 Å². The standard InChI is InChI=1S/C20H21ClFN5O4S2/c1-3-24-33(29,30)27-9-11(10-27)16-15(20(28)31-2)17(13-5-4-12(22)8-14(13)21)26-18(25-16)19-23-6-7-32-19/h4-8,11,17,24H,3,9-10H2,1-2H3,(H,25,26). The van der Waals surface area contributed by atoms with Crippen LogP contribution in [0.15, 0.2) is 46.0 Å². The first-order valence-corrected chi connectivity index (χ1v) is 12.7. The first kappa shape index (κ1) is 23.8. The highest BCUT2D eigenvalue weighted by atomic mass is 35.5. The Bertz CT molecular complexity index is 1230. The van der Waals surface area contributed by atoms with Crippen molar-refractivity contribution in [3.63, 3.8) is 0 Å². The lowest BCUT2D eigenvalue weighted by molar-refractivity contribution is -0.136. The van der Waals surface area contributed by atoms with E-state index in [0.717, 1.165) is 6.07 Å². The summed E-state index contributed by atoms with van der Waals surface area (Å²) in [5.41, 5.74) is 1.09. The van der Waals surface area contributed by atoms with Gasteiger partial charge in [0.05, 0.1) is 12.7 Å². The van der Waals surface area contributed by atoms with Crippen LogP contribution in [0.2, 0.25) is 5.02 Å². The van der Waals surface area contributed by atoms with E-state index in [1.54, 1.807) is 18.5 Å². The maximum atomic E-state index is 13.7. The lowest BCUT2D eigenvalue weighted by Crippen LogP contribution is -2.56. The molecule has 13 heteroatoms. The first-order chi connectivity index (χ1) is 15.7. The SMILES string of the molecule is CCNS(=O)(=O)N1CC(C2=C(C(=O)OC)C(c3ccc(F)cc3Cl)N=C(c3nccs3)N2)C1. The van der Waals surface area contributed by atoms with Gasteiger partial charge in [-0.25, -0.2) is 18.9 Å². The zero-order valence-electron chi connectivity index (χ0n) is 17.7. The second kappa shape index (κ2) is 9.47. The zero-order valence-corrected chi connectivity index (χ0v) is 20.1. The zero-order chi connectivity index (χ0) is 23.8. The number of hydrogen-bond acceptors (Lipinski definition) is 8. The number of nitrogens with one attached hydrogen (secondary N) is 2. The van der Waals surface area contributed by atoms with E-state index in [2.05, 4.69) is 20.0 Å². The van der Waals surface area contributed by atoms with Gasteiger partial charge >= 0.3 is 5.97 Å². The molecule has 1 fully saturated rings. The minimum atomic E-state index is -3.61. The van der Waals surface area contributed by atoms with Crippen LogP contribution in [0.3, 0.4) is 0 Å². The number of thiazole rings is 1. The van der Waals surface area contributed by atoms with Crippen LogP contribution in [0.5, 0.6) is 0 Å². The molecule has 0 spiro atoms. The summed E-state index contributed by atoms with van der Waals surface area (Å²) >= 11 is 7.68. The van der Waals surface area contributed by atoms with Crippen LogP contribution >= 0.6 is 22.9 Å². The summed E-state index contributed by atoms with van der Waals surface area (Å²) < 4.78 is 47.1. The first-order valence-electron chi connectivity index (χ1n) is 10.0. The number of methoxy groups -OCH3 is 1. The Hall–Kier alpha value is -2.38. The van der Waals surface area contributed by atoms with Gasteiger partial charge in [0, 0.05) is 53.4 Å². The van der Waals surface area contributed by atoms with E-state index < -0.39 is 28.0 Å². The minimum Gasteiger partial charge on any atom is -0.466 e. The van der Waals surface area contributed by atoms with Gasteiger partial charge in [-0.2, -0.15) is 12.7 Å². The molecule has 1 saturated heterocycles. The fourth-order valence-corrected chi connectivity index (χ4v) is 5.87. The third-order valence-corrected chi connectivity index (χ3v) is 8.03. The fourth-order valence-electron chi connectivity index (χ4n) is 3.71. The van der Waals surface area contributed by atoms with Crippen LogP contribution in [0, 0.1) is 11.7 Å². The number of halogens is 2. The Balaban J connectivity index is 1.79. The summed E-state index contributed by atoms with van der Waals surface area (Å²) in [4.78, 5) is 21.8. The van der Waals surface area contributed by atoms with Crippen LogP contribution in [-0.2, 0) is 19.7 Å². The van der Waals surface area contributed by atoms with E-state index in [1.165, 1.54) is 34.9 Å². The summed E-state index contributed by atoms with van der Waals surface area (Å²) in [6.07, 6.45) is 1.62. The maximum Gasteiger partial charge on any atom is 0.338 e. The van der Waals surface area contributed by atoms with Gasteiger partial charge in [-0.3, -0.25) is 4.99 Å². The van der Waals surface area contributed by atoms with Gasteiger partial charge < -0.3 is 10.1 Å². The Morgan fingerprint density at radius 3 is 2.79 bits per heavy atom. The van der Waals surface area contributed by atoms with Crippen LogP contribution in [0.4, 0.5) is 4.39 Å². The van der Waals surface area contributed by atoms with Gasteiger partial charge in [0.1, 0.15) is 11.9 Å². The second-order valence-electron chi connectivity index (χ2n) is 7.34. The van der Waals surface area contributed by atoms with Gasteiger partial charge in [0.15, 0.2) is 10.8 Å². The van der Waals surface area contributed by atoms with Gasteiger partial charge in [0.25, 0.3) is 10.2 Å². The molecular weight excluding hydrogens is 493 g/mol. The molecule has 0 amide bonds. The number of carbonyl (C=O) groups is 1. The Morgan fingerprint density at radius 2 is 2.18 bits per heavy atom. The van der Waals surface area contributed by atoms with Gasteiger partial charge in [-0.1, -0.05) is 24.6 Å². The number of nitrogens with zero attached hydrogens (tertiary/aromatic N) is 3. The third kappa shape index (κ3) is 4.66. The molecule has 9 nitrogen and oxygen atoms in total. The van der Waals surface area contributed by atoms with Crippen LogP contribution in [0.25, 0.3) is 0 Å². The molecule has 1 aromatic heterocycles. The second-order valence-corrected chi connectivity index (χ2v) is 10.4. The molecule has 2 aliphatic rings. The molecule has 0 saturated carbocycles. The average Bonchev–Trinajstić information content (AvgIpc) is 3.26. The van der Waals surface area contributed by atoms with E-state index in [-0.39, 0.29) is 36.1 Å². The lowest BCUT2D eigenvalue weighted by atomic mass is 9.88. The molecule has 1 aromatic carbocycles. The topological polar surface area (TPSA) is 113 Å². The highest BCUT2D eigenvalue weighted by Crippen LogP contribution is 2.40. The fraction of sp³-hybridized carbons (Fsp3) is 0.350. The van der Waals surface area contributed by atoms with Crippen LogP contribution < -0.4 is 10.0 Å². The quantitative estimate of drug-likeness (QED) is 0.549. The van der Waals surface area contributed by atoms with Crippen molar-refractivity contribution in [2.24, 2.45) is 10.9 Å². The number of aliphatic imine (C=N–C) groups is 1. The molecule has 33 heavy (non-hydrogen) atoms. The van der Waals surface area contributed by atoms with Crippen LogP contribution in [0.1, 0.15) is 23.5 Å². The summed E-state index contributed by atoms with van der Waals surface area (Å²) in [6.45, 7) is 2.29. The minimum absolute atomic E-state index is 0.106. The monoisotopic (exact) mass is 513 g/mol. The average molecular weight is 514 g/mol. The van der Waals surface area contributed by atoms with E-state index in [9.17, 15) is 17.6 Å². The predicted molar refractivity (Wildman–Crippen MR) is 123 cm³/mol. The third-order valence-electron chi connectivity index (χ3n) is 5.30. The molecule has 2 aliphatic heterocycles. The number of aromatic nitrogens is 1. The molecule has 2 N–H and O–H groups in total. The largest absolute Gasteiger partial charge is 0.466 e. The number of esters is 1. The predicted octanol–water partition coefficient (Wildman–Crippen LogP) is 2.24. The summed E-state index contributed by atoms with van der Waals surface area (Å²) in [7, 11) is -2.36. The molecule has 176 valence electrons. The molecule has 0 bridgehead atoms. The number of carbonyl (C=O) groups excluding carboxylic acids is 1. The van der Waals surface area contributed by atoms with Crippen molar-refractivity contribution >= 4 is 45.0 Å². The van der Waals surface area contributed by atoms with Crippen molar-refractivity contribution in [3.8, 4) is 0 Å². The molecule has 1 unspecified atom stereocenters. The molecule has 2 aromatic rings. The summed E-state index contributed by atoms with van der Waals surface area (Å²) in [5.74, 6) is -1.07.